The van der Waals surface area contributed by atoms with Crippen LogP contribution in [0.25, 0.3) is 0 Å². The van der Waals surface area contributed by atoms with Crippen LogP contribution >= 0.6 is 11.6 Å². The van der Waals surface area contributed by atoms with Crippen LogP contribution in [0.2, 0.25) is 5.15 Å². The van der Waals surface area contributed by atoms with Gasteiger partial charge in [-0.05, 0) is 24.3 Å². The number of halogens is 1. The number of aromatic carboxylic acids is 1. The van der Waals surface area contributed by atoms with Crippen molar-refractivity contribution in [1.29, 1.82) is 0 Å². The van der Waals surface area contributed by atoms with Gasteiger partial charge in [-0.25, -0.2) is 9.78 Å². The standard InChI is InChI=1S/C14H13ClN2O3/c1-17(10-4-3-5-11(8-10)20-2)13-7-9(14(18)19)6-12(15)16-13/h3-8H,1-2H3,(H,18,19). The minimum atomic E-state index is -1.05. The van der Waals surface area contributed by atoms with Crippen LogP contribution in [-0.4, -0.2) is 30.2 Å². The lowest BCUT2D eigenvalue weighted by Gasteiger charge is -2.19. The molecule has 1 aromatic carbocycles. The number of methoxy groups -OCH3 is 1. The molecule has 0 unspecified atom stereocenters. The zero-order valence-electron chi connectivity index (χ0n) is 11.0. The maximum absolute atomic E-state index is 11.0. The number of benzene rings is 1. The van der Waals surface area contributed by atoms with E-state index in [9.17, 15) is 4.79 Å². The minimum absolute atomic E-state index is 0.0924. The van der Waals surface area contributed by atoms with Crippen molar-refractivity contribution >= 4 is 29.1 Å². The third kappa shape index (κ3) is 3.00. The van der Waals surface area contributed by atoms with Crippen LogP contribution in [0.15, 0.2) is 36.4 Å². The van der Waals surface area contributed by atoms with E-state index in [-0.39, 0.29) is 10.7 Å². The predicted molar refractivity (Wildman–Crippen MR) is 77.3 cm³/mol. The van der Waals surface area contributed by atoms with Gasteiger partial charge in [0.1, 0.15) is 16.7 Å². The quantitative estimate of drug-likeness (QED) is 0.877. The van der Waals surface area contributed by atoms with Crippen molar-refractivity contribution < 1.29 is 14.6 Å². The van der Waals surface area contributed by atoms with E-state index in [1.807, 2.05) is 24.3 Å². The van der Waals surface area contributed by atoms with Gasteiger partial charge in [0.05, 0.1) is 12.7 Å². The van der Waals surface area contributed by atoms with Gasteiger partial charge in [0.15, 0.2) is 0 Å². The third-order valence-corrected chi connectivity index (χ3v) is 3.01. The summed E-state index contributed by atoms with van der Waals surface area (Å²) in [6.07, 6.45) is 0. The topological polar surface area (TPSA) is 62.7 Å². The molecule has 0 saturated heterocycles. The third-order valence-electron chi connectivity index (χ3n) is 2.81. The van der Waals surface area contributed by atoms with E-state index in [0.717, 1.165) is 5.69 Å². The van der Waals surface area contributed by atoms with Crippen LogP contribution in [0.1, 0.15) is 10.4 Å². The van der Waals surface area contributed by atoms with Gasteiger partial charge in [-0.1, -0.05) is 17.7 Å². The normalized spacial score (nSPS) is 10.2. The average molecular weight is 293 g/mol. The summed E-state index contributed by atoms with van der Waals surface area (Å²) in [5.74, 6) is 0.104. The average Bonchev–Trinajstić information content (AvgIpc) is 2.45. The number of carbonyl (C=O) groups is 1. The van der Waals surface area contributed by atoms with Gasteiger partial charge < -0.3 is 14.7 Å². The SMILES string of the molecule is COc1cccc(N(C)c2cc(C(=O)O)cc(Cl)n2)c1. The van der Waals surface area contributed by atoms with E-state index in [1.165, 1.54) is 12.1 Å². The van der Waals surface area contributed by atoms with Crippen LogP contribution < -0.4 is 9.64 Å². The van der Waals surface area contributed by atoms with Crippen molar-refractivity contribution in [1.82, 2.24) is 4.98 Å². The van der Waals surface area contributed by atoms with Crippen molar-refractivity contribution in [2.24, 2.45) is 0 Å². The number of aromatic nitrogens is 1. The Labute approximate surface area is 121 Å². The summed E-state index contributed by atoms with van der Waals surface area (Å²) >= 11 is 5.86. The Kier molecular flexibility index (Phi) is 4.10. The monoisotopic (exact) mass is 292 g/mol. The summed E-state index contributed by atoms with van der Waals surface area (Å²) < 4.78 is 5.16. The maximum atomic E-state index is 11.0. The van der Waals surface area contributed by atoms with Crippen molar-refractivity contribution in [3.05, 3.63) is 47.1 Å². The van der Waals surface area contributed by atoms with E-state index >= 15 is 0 Å². The highest BCUT2D eigenvalue weighted by molar-refractivity contribution is 6.29. The first-order valence-electron chi connectivity index (χ1n) is 5.80. The first-order chi connectivity index (χ1) is 9.51. The molecule has 2 aromatic rings. The summed E-state index contributed by atoms with van der Waals surface area (Å²) in [6, 6.07) is 10.1. The van der Waals surface area contributed by atoms with Crippen molar-refractivity contribution in [2.45, 2.75) is 0 Å². The van der Waals surface area contributed by atoms with Gasteiger partial charge in [0.2, 0.25) is 0 Å². The fourth-order valence-electron chi connectivity index (χ4n) is 1.73. The highest BCUT2D eigenvalue weighted by Gasteiger charge is 2.12. The Morgan fingerprint density at radius 1 is 1.35 bits per heavy atom. The first-order valence-corrected chi connectivity index (χ1v) is 6.17. The molecule has 0 amide bonds. The summed E-state index contributed by atoms with van der Waals surface area (Å²) in [4.78, 5) is 16.9. The van der Waals surface area contributed by atoms with Gasteiger partial charge >= 0.3 is 5.97 Å². The Morgan fingerprint density at radius 3 is 2.75 bits per heavy atom. The molecule has 0 atom stereocenters. The largest absolute Gasteiger partial charge is 0.497 e. The second-order valence-electron chi connectivity index (χ2n) is 4.10. The van der Waals surface area contributed by atoms with Gasteiger partial charge in [-0.15, -0.1) is 0 Å². The molecule has 20 heavy (non-hydrogen) atoms. The molecule has 0 bridgehead atoms. The number of hydrogen-bond acceptors (Lipinski definition) is 4. The van der Waals surface area contributed by atoms with E-state index in [0.29, 0.717) is 11.6 Å². The van der Waals surface area contributed by atoms with Gasteiger partial charge in [-0.3, -0.25) is 0 Å². The Bertz CT molecular complexity index is 646. The molecule has 5 nitrogen and oxygen atoms in total. The van der Waals surface area contributed by atoms with Crippen molar-refractivity contribution in [2.75, 3.05) is 19.1 Å². The molecule has 1 heterocycles. The molecule has 104 valence electrons. The molecule has 6 heteroatoms. The van der Waals surface area contributed by atoms with Gasteiger partial charge in [-0.2, -0.15) is 0 Å². The number of carboxylic acids is 1. The number of pyridine rings is 1. The van der Waals surface area contributed by atoms with Crippen LogP contribution in [0, 0.1) is 0 Å². The maximum Gasteiger partial charge on any atom is 0.335 e. The zero-order chi connectivity index (χ0) is 14.7. The number of nitrogens with zero attached hydrogens (tertiary/aromatic N) is 2. The fourth-order valence-corrected chi connectivity index (χ4v) is 1.93. The van der Waals surface area contributed by atoms with Gasteiger partial charge in [0.25, 0.3) is 0 Å². The molecule has 2 rings (SSSR count). The molecule has 1 aromatic heterocycles. The molecule has 0 aliphatic heterocycles. The van der Waals surface area contributed by atoms with Crippen LogP contribution in [0.4, 0.5) is 11.5 Å². The molecule has 0 aliphatic carbocycles. The number of anilines is 2. The lowest BCUT2D eigenvalue weighted by atomic mass is 10.2. The van der Waals surface area contributed by atoms with E-state index in [1.54, 1.807) is 19.1 Å². The van der Waals surface area contributed by atoms with Crippen LogP contribution in [0.5, 0.6) is 5.75 Å². The summed E-state index contributed by atoms with van der Waals surface area (Å²) in [5.41, 5.74) is 0.908. The second-order valence-corrected chi connectivity index (χ2v) is 4.49. The molecule has 0 spiro atoms. The molecule has 0 fully saturated rings. The number of hydrogen-bond donors (Lipinski definition) is 1. The lowest BCUT2D eigenvalue weighted by Crippen LogP contribution is -2.12. The highest BCUT2D eigenvalue weighted by atomic mass is 35.5. The minimum Gasteiger partial charge on any atom is -0.497 e. The fraction of sp³-hybridized carbons (Fsp3) is 0.143. The van der Waals surface area contributed by atoms with Crippen molar-refractivity contribution in [3.63, 3.8) is 0 Å². The number of carboxylic acid groups (broad SMARTS) is 1. The Hall–Kier alpha value is -2.27. The molecule has 0 radical (unpaired) electrons. The summed E-state index contributed by atoms with van der Waals surface area (Å²) in [7, 11) is 3.36. The van der Waals surface area contributed by atoms with E-state index in [2.05, 4.69) is 4.98 Å². The molecule has 1 N–H and O–H groups in total. The zero-order valence-corrected chi connectivity index (χ0v) is 11.8. The first kappa shape index (κ1) is 14.1. The predicted octanol–water partition coefficient (Wildman–Crippen LogP) is 3.21. The summed E-state index contributed by atoms with van der Waals surface area (Å²) in [6.45, 7) is 0. The second kappa shape index (κ2) is 5.79. The van der Waals surface area contributed by atoms with Crippen LogP contribution in [-0.2, 0) is 0 Å². The summed E-state index contributed by atoms with van der Waals surface area (Å²) in [5, 5.41) is 9.18. The number of rotatable bonds is 4. The molecule has 0 saturated carbocycles. The van der Waals surface area contributed by atoms with Crippen molar-refractivity contribution in [3.8, 4) is 5.75 Å². The molecular weight excluding hydrogens is 280 g/mol. The lowest BCUT2D eigenvalue weighted by molar-refractivity contribution is 0.0697. The van der Waals surface area contributed by atoms with E-state index < -0.39 is 5.97 Å². The highest BCUT2D eigenvalue weighted by Crippen LogP contribution is 2.27. The van der Waals surface area contributed by atoms with Crippen LogP contribution in [0.3, 0.4) is 0 Å². The van der Waals surface area contributed by atoms with Gasteiger partial charge in [0, 0.05) is 18.8 Å². The molecular formula is C14H13ClN2O3. The number of ether oxygens (including phenoxy) is 1. The smallest absolute Gasteiger partial charge is 0.335 e. The Morgan fingerprint density at radius 2 is 2.10 bits per heavy atom. The van der Waals surface area contributed by atoms with E-state index in [4.69, 9.17) is 21.4 Å². The Balaban J connectivity index is 2.41. The molecule has 0 aliphatic rings.